The van der Waals surface area contributed by atoms with Gasteiger partial charge in [0.1, 0.15) is 18.2 Å². The van der Waals surface area contributed by atoms with Crippen molar-refractivity contribution in [2.75, 3.05) is 13.1 Å². The number of benzene rings is 1. The summed E-state index contributed by atoms with van der Waals surface area (Å²) < 4.78 is 5.14. The fourth-order valence-electron chi connectivity index (χ4n) is 4.56. The quantitative estimate of drug-likeness (QED) is 0.160. The first-order chi connectivity index (χ1) is 18.3. The predicted octanol–water partition coefficient (Wildman–Crippen LogP) is 3.72. The van der Waals surface area contributed by atoms with Crippen molar-refractivity contribution >= 4 is 55.6 Å². The second kappa shape index (κ2) is 13.2. The molecule has 39 heavy (non-hydrogen) atoms. The predicted molar refractivity (Wildman–Crippen MR) is 158 cm³/mol. The van der Waals surface area contributed by atoms with Gasteiger partial charge in [-0.1, -0.05) is 45.0 Å². The van der Waals surface area contributed by atoms with Gasteiger partial charge in [0, 0.05) is 35.6 Å². The molecule has 212 valence electrons. The van der Waals surface area contributed by atoms with Crippen molar-refractivity contribution in [3.8, 4) is 10.4 Å². The van der Waals surface area contributed by atoms with E-state index in [1.54, 1.807) is 33.9 Å². The minimum Gasteiger partial charge on any atom is -0.460 e. The number of nitrogens with zero attached hydrogens (tertiary/aromatic N) is 2. The highest BCUT2D eigenvalue weighted by molar-refractivity contribution is 14.1. The fraction of sp³-hybridized carbons (Fsp3) is 0.519. The van der Waals surface area contributed by atoms with Gasteiger partial charge in [-0.05, 0) is 30.4 Å². The van der Waals surface area contributed by atoms with Crippen LogP contribution in [0.2, 0.25) is 0 Å². The molecule has 1 fully saturated rings. The van der Waals surface area contributed by atoms with Crippen LogP contribution >= 0.6 is 33.9 Å². The molecule has 1 aliphatic heterocycles. The number of thiazole rings is 1. The number of halogens is 1. The van der Waals surface area contributed by atoms with Gasteiger partial charge in [-0.3, -0.25) is 19.2 Å². The summed E-state index contributed by atoms with van der Waals surface area (Å²) in [6.45, 7) is 9.55. The lowest BCUT2D eigenvalue weighted by Crippen LogP contribution is -2.57. The lowest BCUT2D eigenvalue weighted by Gasteiger charge is -2.35. The highest BCUT2D eigenvalue weighted by atomic mass is 127. The molecule has 0 bridgehead atoms. The summed E-state index contributed by atoms with van der Waals surface area (Å²) in [4.78, 5) is 58.0. The Morgan fingerprint density at radius 1 is 1.21 bits per heavy atom. The third kappa shape index (κ3) is 7.98. The second-order valence-corrected chi connectivity index (χ2v) is 12.6. The Balaban J connectivity index is 1.79. The van der Waals surface area contributed by atoms with E-state index in [2.05, 4.69) is 15.6 Å². The number of carbonyl (C=O) groups excluding carboxylic acids is 4. The molecule has 0 radical (unpaired) electrons. The van der Waals surface area contributed by atoms with E-state index in [0.717, 1.165) is 21.7 Å². The molecule has 3 amide bonds. The van der Waals surface area contributed by atoms with Gasteiger partial charge in [0.25, 0.3) is 3.91 Å². The Morgan fingerprint density at radius 3 is 2.41 bits per heavy atom. The molecule has 2 aromatic rings. The first-order valence-corrected chi connectivity index (χ1v) is 14.7. The lowest BCUT2D eigenvalue weighted by molar-refractivity contribution is -0.149. The van der Waals surface area contributed by atoms with Gasteiger partial charge in [0.2, 0.25) is 11.8 Å². The Morgan fingerprint density at radius 2 is 1.87 bits per heavy atom. The maximum atomic E-state index is 13.7. The van der Waals surface area contributed by atoms with E-state index in [0.29, 0.717) is 0 Å². The number of hydrogen-bond acceptors (Lipinski definition) is 8. The Labute approximate surface area is 246 Å². The zero-order chi connectivity index (χ0) is 28.9. The number of aryl methyl sites for hydroxylation is 1. The molecular formula is C27H36IN5O5S. The van der Waals surface area contributed by atoms with E-state index in [1.165, 1.54) is 4.90 Å². The highest BCUT2D eigenvalue weighted by Gasteiger charge is 2.46. The SMILES string of the molecule is Cc1ncsc1-c1ccc(C(C)NC(=O)C2CC(OC(=O)CCN)CN2C(=O)C(NC(=O)I)C(C)(C)C)cc1. The highest BCUT2D eigenvalue weighted by Crippen LogP contribution is 2.30. The Hall–Kier alpha value is -2.58. The van der Waals surface area contributed by atoms with Crippen molar-refractivity contribution in [1.82, 2.24) is 20.5 Å². The third-order valence-electron chi connectivity index (χ3n) is 6.64. The molecule has 0 saturated carbocycles. The van der Waals surface area contributed by atoms with E-state index >= 15 is 0 Å². The fourth-order valence-corrected chi connectivity index (χ4v) is 5.68. The molecule has 4 N–H and O–H groups in total. The molecule has 1 aliphatic rings. The van der Waals surface area contributed by atoms with E-state index in [4.69, 9.17) is 10.5 Å². The Bertz CT molecular complexity index is 1200. The summed E-state index contributed by atoms with van der Waals surface area (Å²) in [5, 5.41) is 5.73. The van der Waals surface area contributed by atoms with Crippen LogP contribution in [0.3, 0.4) is 0 Å². The van der Waals surface area contributed by atoms with Crippen molar-refractivity contribution in [2.45, 2.75) is 71.7 Å². The van der Waals surface area contributed by atoms with Crippen LogP contribution in [0.4, 0.5) is 4.79 Å². The van der Waals surface area contributed by atoms with E-state index in [1.807, 2.05) is 64.4 Å². The molecule has 2 heterocycles. The topological polar surface area (TPSA) is 144 Å². The normalized spacial score (nSPS) is 18.8. The van der Waals surface area contributed by atoms with E-state index < -0.39 is 35.5 Å². The largest absolute Gasteiger partial charge is 0.460 e. The average molecular weight is 670 g/mol. The molecule has 10 nitrogen and oxygen atoms in total. The molecule has 1 aromatic carbocycles. The monoisotopic (exact) mass is 669 g/mol. The molecule has 1 saturated heterocycles. The first-order valence-electron chi connectivity index (χ1n) is 12.8. The number of nitrogens with one attached hydrogen (secondary N) is 2. The van der Waals surface area contributed by atoms with Crippen LogP contribution in [0.1, 0.15) is 57.8 Å². The van der Waals surface area contributed by atoms with Crippen molar-refractivity contribution in [3.05, 3.63) is 41.0 Å². The summed E-state index contributed by atoms with van der Waals surface area (Å²) in [5.74, 6) is -1.24. The molecule has 0 spiro atoms. The zero-order valence-corrected chi connectivity index (χ0v) is 25.8. The van der Waals surface area contributed by atoms with Crippen LogP contribution in [0, 0.1) is 12.3 Å². The van der Waals surface area contributed by atoms with Gasteiger partial charge >= 0.3 is 5.97 Å². The maximum absolute atomic E-state index is 13.7. The first kappa shape index (κ1) is 31.0. The number of carbonyl (C=O) groups is 4. The van der Waals surface area contributed by atoms with Crippen LogP contribution in [0.15, 0.2) is 29.8 Å². The number of amides is 3. The second-order valence-electron chi connectivity index (χ2n) is 10.7. The van der Waals surface area contributed by atoms with Crippen molar-refractivity contribution in [1.29, 1.82) is 0 Å². The molecule has 4 unspecified atom stereocenters. The minimum atomic E-state index is -0.870. The number of aromatic nitrogens is 1. The average Bonchev–Trinajstić information content (AvgIpc) is 3.47. The van der Waals surface area contributed by atoms with E-state index in [-0.39, 0.29) is 41.8 Å². The van der Waals surface area contributed by atoms with Gasteiger partial charge in [-0.25, -0.2) is 4.98 Å². The minimum absolute atomic E-state index is 0.0465. The number of likely N-dealkylation sites (tertiary alicyclic amines) is 1. The van der Waals surface area contributed by atoms with Crippen molar-refractivity contribution in [2.24, 2.45) is 11.1 Å². The van der Waals surface area contributed by atoms with Crippen LogP contribution < -0.4 is 16.4 Å². The molecule has 12 heteroatoms. The summed E-state index contributed by atoms with van der Waals surface area (Å²) in [6.07, 6.45) is -0.457. The van der Waals surface area contributed by atoms with Crippen LogP contribution in [0.5, 0.6) is 0 Å². The molecule has 1 aromatic heterocycles. The van der Waals surface area contributed by atoms with Crippen molar-refractivity contribution in [3.63, 3.8) is 0 Å². The summed E-state index contributed by atoms with van der Waals surface area (Å²) >= 11 is 3.16. The van der Waals surface area contributed by atoms with Gasteiger partial charge in [-0.15, -0.1) is 11.3 Å². The van der Waals surface area contributed by atoms with Gasteiger partial charge in [-0.2, -0.15) is 0 Å². The molecule has 0 aliphatic carbocycles. The smallest absolute Gasteiger partial charge is 0.307 e. The number of rotatable bonds is 9. The number of ether oxygens (including phenoxy) is 1. The standard InChI is InChI=1S/C27H36IN5O5S/c1-15(17-6-8-18(9-7-17)22-16(2)30-14-39-22)31-24(35)20-12-19(38-21(34)10-11-29)13-33(20)25(36)23(27(3,4)5)32-26(28)37/h6-9,14-15,19-20,23H,10-13,29H2,1-5H3,(H,31,35)(H,32,37). The molecule has 4 atom stereocenters. The van der Waals surface area contributed by atoms with Crippen LogP contribution in [0.25, 0.3) is 10.4 Å². The maximum Gasteiger partial charge on any atom is 0.307 e. The van der Waals surface area contributed by atoms with Gasteiger partial charge in [0.15, 0.2) is 0 Å². The summed E-state index contributed by atoms with van der Waals surface area (Å²) in [6, 6.07) is 5.84. The summed E-state index contributed by atoms with van der Waals surface area (Å²) in [5.41, 5.74) is 9.59. The van der Waals surface area contributed by atoms with E-state index in [9.17, 15) is 19.2 Å². The number of nitrogens with two attached hydrogens (primary N) is 1. The zero-order valence-electron chi connectivity index (χ0n) is 22.8. The van der Waals surface area contributed by atoms with Gasteiger partial charge < -0.3 is 26.0 Å². The number of hydrogen-bond donors (Lipinski definition) is 3. The van der Waals surface area contributed by atoms with Gasteiger partial charge in [0.05, 0.1) is 35.1 Å². The Kier molecular flexibility index (Phi) is 10.5. The molecule has 3 rings (SSSR count). The van der Waals surface area contributed by atoms with Crippen LogP contribution in [-0.4, -0.2) is 62.9 Å². The van der Waals surface area contributed by atoms with Crippen molar-refractivity contribution < 1.29 is 23.9 Å². The number of esters is 1. The lowest BCUT2D eigenvalue weighted by atomic mass is 9.85. The van der Waals surface area contributed by atoms with Crippen LogP contribution in [-0.2, 0) is 19.1 Å². The summed E-state index contributed by atoms with van der Waals surface area (Å²) in [7, 11) is 0. The third-order valence-corrected chi connectivity index (χ3v) is 7.93. The molecular weight excluding hydrogens is 633 g/mol.